The summed E-state index contributed by atoms with van der Waals surface area (Å²) in [6.07, 6.45) is 0.999. The second-order valence-corrected chi connectivity index (χ2v) is 9.06. The molecule has 0 spiro atoms. The number of nitrogens with zero attached hydrogens (tertiary/aromatic N) is 4. The first kappa shape index (κ1) is 21.3. The molecule has 0 radical (unpaired) electrons. The topological polar surface area (TPSA) is 72.7 Å². The van der Waals surface area contributed by atoms with Gasteiger partial charge in [-0.2, -0.15) is 0 Å². The van der Waals surface area contributed by atoms with Crippen molar-refractivity contribution in [1.29, 1.82) is 0 Å². The second-order valence-electron chi connectivity index (χ2n) is 7.75. The van der Waals surface area contributed by atoms with Crippen LogP contribution in [0.2, 0.25) is 0 Å². The molecule has 2 heterocycles. The van der Waals surface area contributed by atoms with Crippen LogP contribution in [0, 0.1) is 0 Å². The molecule has 31 heavy (non-hydrogen) atoms. The molecule has 6 nitrogen and oxygen atoms in total. The number of aryl methyl sites for hydroxylation is 1. The first-order chi connectivity index (χ1) is 15.1. The molecule has 0 saturated heterocycles. The van der Waals surface area contributed by atoms with Crippen LogP contribution in [0.5, 0.6) is 0 Å². The number of thioether (sulfide) groups is 1. The second kappa shape index (κ2) is 9.47. The number of rotatable bonds is 8. The van der Waals surface area contributed by atoms with E-state index in [1.807, 2.05) is 37.3 Å². The molecule has 2 atom stereocenters. The fraction of sp³-hybridized carbons (Fsp3) is 0.333. The van der Waals surface area contributed by atoms with E-state index in [0.29, 0.717) is 11.7 Å². The van der Waals surface area contributed by atoms with E-state index in [0.717, 1.165) is 35.0 Å². The normalized spacial score (nSPS) is 13.4. The summed E-state index contributed by atoms with van der Waals surface area (Å²) in [5.74, 6) is 0.229. The van der Waals surface area contributed by atoms with Gasteiger partial charge in [0.2, 0.25) is 11.1 Å². The maximum Gasteiger partial charge on any atom is 0.233 e. The van der Waals surface area contributed by atoms with E-state index in [9.17, 15) is 4.79 Å². The Balaban J connectivity index is 1.48. The molecule has 4 aromatic rings. The van der Waals surface area contributed by atoms with Gasteiger partial charge in [-0.3, -0.25) is 4.79 Å². The zero-order valence-corrected chi connectivity index (χ0v) is 18.9. The van der Waals surface area contributed by atoms with Gasteiger partial charge in [0.05, 0.1) is 10.8 Å². The number of aromatic nitrogens is 4. The van der Waals surface area contributed by atoms with Gasteiger partial charge >= 0.3 is 0 Å². The van der Waals surface area contributed by atoms with Crippen molar-refractivity contribution in [3.05, 3.63) is 60.2 Å². The monoisotopic (exact) mass is 433 g/mol. The number of benzene rings is 2. The molecule has 7 heteroatoms. The summed E-state index contributed by atoms with van der Waals surface area (Å²) in [7, 11) is 0. The number of fused-ring (bicyclic) bond motifs is 3. The van der Waals surface area contributed by atoms with Gasteiger partial charge in [0, 0.05) is 18.5 Å². The Hall–Kier alpha value is -2.93. The lowest BCUT2D eigenvalue weighted by atomic mass is 10.0. The smallest absolute Gasteiger partial charge is 0.233 e. The highest BCUT2D eigenvalue weighted by molar-refractivity contribution is 8.00. The average Bonchev–Trinajstić information content (AvgIpc) is 3.11. The highest BCUT2D eigenvalue weighted by Gasteiger charge is 2.19. The molecule has 4 rings (SSSR count). The minimum atomic E-state index is -0.314. The zero-order valence-electron chi connectivity index (χ0n) is 18.1. The predicted octanol–water partition coefficient (Wildman–Crippen LogP) is 4.79. The van der Waals surface area contributed by atoms with Crippen molar-refractivity contribution in [2.45, 2.75) is 50.1 Å². The number of hydrogen-bond acceptors (Lipinski definition) is 5. The van der Waals surface area contributed by atoms with E-state index < -0.39 is 0 Å². The Morgan fingerprint density at radius 1 is 1.06 bits per heavy atom. The van der Waals surface area contributed by atoms with Gasteiger partial charge in [-0.25, -0.2) is 4.98 Å². The van der Waals surface area contributed by atoms with Crippen LogP contribution in [0.15, 0.2) is 59.8 Å². The van der Waals surface area contributed by atoms with Crippen LogP contribution in [0.25, 0.3) is 22.1 Å². The number of para-hydroxylation sites is 1. The molecule has 2 unspecified atom stereocenters. The van der Waals surface area contributed by atoms with E-state index in [4.69, 9.17) is 4.98 Å². The van der Waals surface area contributed by atoms with Gasteiger partial charge in [0.15, 0.2) is 5.65 Å². The van der Waals surface area contributed by atoms with Gasteiger partial charge in [-0.15, -0.1) is 10.2 Å². The molecule has 0 aliphatic rings. The molecular weight excluding hydrogens is 406 g/mol. The van der Waals surface area contributed by atoms with Gasteiger partial charge < -0.3 is 9.88 Å². The third-order valence-electron chi connectivity index (χ3n) is 5.40. The molecule has 0 aliphatic carbocycles. The van der Waals surface area contributed by atoms with Crippen LogP contribution >= 0.6 is 11.8 Å². The minimum absolute atomic E-state index is 0.0226. The van der Waals surface area contributed by atoms with E-state index in [1.54, 1.807) is 0 Å². The lowest BCUT2D eigenvalue weighted by molar-refractivity contribution is -0.120. The molecule has 1 amide bonds. The van der Waals surface area contributed by atoms with Crippen molar-refractivity contribution < 1.29 is 4.79 Å². The summed E-state index contributed by atoms with van der Waals surface area (Å²) in [6, 6.07) is 18.4. The number of nitrogens with one attached hydrogen (secondary N) is 1. The van der Waals surface area contributed by atoms with Crippen LogP contribution < -0.4 is 5.32 Å². The maximum absolute atomic E-state index is 12.6. The van der Waals surface area contributed by atoms with Gasteiger partial charge in [-0.1, -0.05) is 74.1 Å². The van der Waals surface area contributed by atoms with Crippen molar-refractivity contribution in [2.24, 2.45) is 0 Å². The van der Waals surface area contributed by atoms with Crippen molar-refractivity contribution in [3.63, 3.8) is 0 Å². The number of amides is 1. The Bertz CT molecular complexity index is 1190. The van der Waals surface area contributed by atoms with Crippen LogP contribution in [-0.4, -0.2) is 37.5 Å². The molecule has 0 aliphatic heterocycles. The predicted molar refractivity (Wildman–Crippen MR) is 126 cm³/mol. The van der Waals surface area contributed by atoms with E-state index in [1.165, 1.54) is 17.3 Å². The summed E-state index contributed by atoms with van der Waals surface area (Å²) in [4.78, 5) is 17.4. The third-order valence-corrected chi connectivity index (χ3v) is 6.36. The molecule has 1 N–H and O–H groups in total. The molecule has 160 valence electrons. The lowest BCUT2D eigenvalue weighted by Crippen LogP contribution is -2.33. The number of carbonyl (C=O) groups excluding carboxylic acids is 1. The Morgan fingerprint density at radius 2 is 1.81 bits per heavy atom. The highest BCUT2D eigenvalue weighted by atomic mass is 32.2. The highest BCUT2D eigenvalue weighted by Crippen LogP contribution is 2.28. The lowest BCUT2D eigenvalue weighted by Gasteiger charge is -2.15. The first-order valence-corrected chi connectivity index (χ1v) is 11.6. The largest absolute Gasteiger partial charge is 0.355 e. The Kier molecular flexibility index (Phi) is 6.51. The van der Waals surface area contributed by atoms with Crippen LogP contribution in [0.3, 0.4) is 0 Å². The summed E-state index contributed by atoms with van der Waals surface area (Å²) in [6.45, 7) is 7.59. The van der Waals surface area contributed by atoms with Gasteiger partial charge in [0.1, 0.15) is 5.52 Å². The number of hydrogen-bond donors (Lipinski definition) is 1. The molecule has 0 bridgehead atoms. The molecule has 2 aromatic carbocycles. The van der Waals surface area contributed by atoms with Crippen molar-refractivity contribution in [1.82, 2.24) is 25.1 Å². The summed E-state index contributed by atoms with van der Waals surface area (Å²) >= 11 is 1.34. The van der Waals surface area contributed by atoms with Crippen LogP contribution in [0.4, 0.5) is 0 Å². The van der Waals surface area contributed by atoms with Crippen molar-refractivity contribution in [3.8, 4) is 0 Å². The summed E-state index contributed by atoms with van der Waals surface area (Å²) in [5, 5.41) is 13.1. The maximum atomic E-state index is 12.6. The molecule has 2 aromatic heterocycles. The number of carbonyl (C=O) groups is 1. The zero-order chi connectivity index (χ0) is 21.8. The third kappa shape index (κ3) is 4.56. The van der Waals surface area contributed by atoms with E-state index in [2.05, 4.69) is 58.2 Å². The Labute approximate surface area is 186 Å². The standard InChI is InChI=1S/C24H27N5OS/c1-4-14-29-20-13-9-8-12-19(20)21-22(29)26-24(28-27-21)31-17(3)23(30)25-15-16(2)18-10-6-5-7-11-18/h5-13,16-17H,4,14-15H2,1-3H3,(H,25,30). The van der Waals surface area contributed by atoms with E-state index >= 15 is 0 Å². The van der Waals surface area contributed by atoms with Gasteiger partial charge in [-0.05, 0) is 30.9 Å². The van der Waals surface area contributed by atoms with Crippen molar-refractivity contribution >= 4 is 39.7 Å². The van der Waals surface area contributed by atoms with Crippen LogP contribution in [0.1, 0.15) is 38.7 Å². The summed E-state index contributed by atoms with van der Waals surface area (Å²) in [5.41, 5.74) is 3.96. The fourth-order valence-electron chi connectivity index (χ4n) is 3.70. The molecular formula is C24H27N5OS. The molecule has 0 saturated carbocycles. The van der Waals surface area contributed by atoms with Gasteiger partial charge in [0.25, 0.3) is 0 Å². The Morgan fingerprint density at radius 3 is 2.58 bits per heavy atom. The van der Waals surface area contributed by atoms with Crippen molar-refractivity contribution in [2.75, 3.05) is 6.54 Å². The summed E-state index contributed by atoms with van der Waals surface area (Å²) < 4.78 is 2.19. The average molecular weight is 434 g/mol. The SMILES string of the molecule is CCCn1c2ccccc2c2nnc(SC(C)C(=O)NCC(C)c3ccccc3)nc21. The molecule has 0 fully saturated rings. The van der Waals surface area contributed by atoms with Crippen LogP contribution in [-0.2, 0) is 11.3 Å². The van der Waals surface area contributed by atoms with E-state index in [-0.39, 0.29) is 17.1 Å². The first-order valence-electron chi connectivity index (χ1n) is 10.7. The quantitative estimate of drug-likeness (QED) is 0.405. The fourth-order valence-corrected chi connectivity index (χ4v) is 4.43. The minimum Gasteiger partial charge on any atom is -0.355 e.